The highest BCUT2D eigenvalue weighted by molar-refractivity contribution is 14.1. The highest BCUT2D eigenvalue weighted by Crippen LogP contribution is 2.35. The second-order valence-electron chi connectivity index (χ2n) is 5.55. The molecule has 1 aromatic heterocycles. The molecule has 1 aromatic carbocycles. The molecule has 0 amide bonds. The Morgan fingerprint density at radius 3 is 2.38 bits per heavy atom. The molecule has 0 fully saturated rings. The fraction of sp³-hybridized carbons (Fsp3) is 0.400. The predicted molar refractivity (Wildman–Crippen MR) is 89.4 cm³/mol. The van der Waals surface area contributed by atoms with Gasteiger partial charge in [-0.05, 0) is 49.4 Å². The molecule has 5 nitrogen and oxygen atoms in total. The number of nitrogens with zero attached hydrogens (tertiary/aromatic N) is 1. The molecular weight excluding hydrogens is 385 g/mol. The van der Waals surface area contributed by atoms with E-state index in [0.717, 1.165) is 8.96 Å². The number of carbonyl (C=O) groups excluding carboxylic acids is 1. The van der Waals surface area contributed by atoms with Crippen LogP contribution in [0.15, 0.2) is 18.3 Å². The number of aromatic nitrogens is 1. The Morgan fingerprint density at radius 2 is 1.86 bits per heavy atom. The van der Waals surface area contributed by atoms with Crippen molar-refractivity contribution in [3.05, 3.63) is 21.9 Å². The molecule has 0 atom stereocenters. The van der Waals surface area contributed by atoms with Crippen LogP contribution in [0, 0.1) is 3.57 Å². The van der Waals surface area contributed by atoms with Crippen LogP contribution >= 0.6 is 22.6 Å². The van der Waals surface area contributed by atoms with Crippen molar-refractivity contribution in [3.63, 3.8) is 0 Å². The fourth-order valence-corrected chi connectivity index (χ4v) is 2.68. The van der Waals surface area contributed by atoms with Gasteiger partial charge < -0.3 is 14.2 Å². The minimum absolute atomic E-state index is 0.432. The quantitative estimate of drug-likeness (QED) is 0.711. The Hall–Kier alpha value is -1.44. The van der Waals surface area contributed by atoms with Gasteiger partial charge in [-0.15, -0.1) is 0 Å². The Bertz CT molecular complexity index is 685. The second-order valence-corrected chi connectivity index (χ2v) is 6.72. The molecule has 0 saturated carbocycles. The maximum absolute atomic E-state index is 12.4. The molecule has 0 aliphatic heterocycles. The summed E-state index contributed by atoms with van der Waals surface area (Å²) in [6.45, 7) is 5.51. The normalized spacial score (nSPS) is 11.5. The summed E-state index contributed by atoms with van der Waals surface area (Å²) in [4.78, 5) is 12.4. The van der Waals surface area contributed by atoms with E-state index in [1.807, 2.05) is 26.8 Å². The van der Waals surface area contributed by atoms with Crippen LogP contribution in [0.3, 0.4) is 0 Å². The van der Waals surface area contributed by atoms with Crippen molar-refractivity contribution in [1.82, 2.24) is 4.57 Å². The van der Waals surface area contributed by atoms with E-state index >= 15 is 0 Å². The van der Waals surface area contributed by atoms with Gasteiger partial charge in [-0.1, -0.05) is 0 Å². The monoisotopic (exact) mass is 403 g/mol. The van der Waals surface area contributed by atoms with Crippen molar-refractivity contribution in [1.29, 1.82) is 0 Å². The highest BCUT2D eigenvalue weighted by Gasteiger charge is 2.22. The molecule has 0 saturated heterocycles. The van der Waals surface area contributed by atoms with Crippen LogP contribution in [0.4, 0.5) is 4.79 Å². The van der Waals surface area contributed by atoms with Crippen LogP contribution < -0.4 is 9.47 Å². The zero-order valence-corrected chi connectivity index (χ0v) is 14.8. The van der Waals surface area contributed by atoms with Gasteiger partial charge in [0.05, 0.1) is 14.2 Å². The smallest absolute Gasteiger partial charge is 0.419 e. The van der Waals surface area contributed by atoms with Crippen molar-refractivity contribution in [3.8, 4) is 11.5 Å². The van der Waals surface area contributed by atoms with Crippen molar-refractivity contribution in [2.45, 2.75) is 26.4 Å². The lowest BCUT2D eigenvalue weighted by atomic mass is 10.2. The highest BCUT2D eigenvalue weighted by atomic mass is 127. The van der Waals surface area contributed by atoms with Gasteiger partial charge in [0.15, 0.2) is 0 Å². The molecule has 6 heteroatoms. The Labute approximate surface area is 137 Å². The number of fused-ring (bicyclic) bond motifs is 1. The molecule has 2 rings (SSSR count). The van der Waals surface area contributed by atoms with E-state index in [-0.39, 0.29) is 0 Å². The van der Waals surface area contributed by atoms with Crippen LogP contribution in [0.2, 0.25) is 0 Å². The molecule has 114 valence electrons. The van der Waals surface area contributed by atoms with Crippen molar-refractivity contribution in [2.24, 2.45) is 0 Å². The van der Waals surface area contributed by atoms with Crippen LogP contribution in [0.5, 0.6) is 11.5 Å². The zero-order chi connectivity index (χ0) is 15.8. The Kier molecular flexibility index (Phi) is 4.36. The van der Waals surface area contributed by atoms with E-state index in [2.05, 4.69) is 22.6 Å². The van der Waals surface area contributed by atoms with E-state index < -0.39 is 11.7 Å². The first-order chi connectivity index (χ1) is 9.76. The molecule has 21 heavy (non-hydrogen) atoms. The van der Waals surface area contributed by atoms with Crippen LogP contribution in [-0.2, 0) is 4.74 Å². The molecule has 1 heterocycles. The van der Waals surface area contributed by atoms with Crippen LogP contribution in [-0.4, -0.2) is 30.5 Å². The first-order valence-corrected chi connectivity index (χ1v) is 7.50. The minimum Gasteiger partial charge on any atom is -0.497 e. The topological polar surface area (TPSA) is 49.7 Å². The standard InChI is InChI=1S/C15H18INO4/c1-15(2,3)21-14(18)17-8-11(16)10-6-9(19-4)7-12(20-5)13(10)17/h6-8H,1-5H3. The minimum atomic E-state index is -0.557. The van der Waals surface area contributed by atoms with Gasteiger partial charge in [0.2, 0.25) is 0 Å². The second kappa shape index (κ2) is 5.75. The lowest BCUT2D eigenvalue weighted by molar-refractivity contribution is 0.0543. The van der Waals surface area contributed by atoms with Gasteiger partial charge in [-0.25, -0.2) is 9.36 Å². The molecular formula is C15H18INO4. The predicted octanol–water partition coefficient (Wildman–Crippen LogP) is 4.05. The third kappa shape index (κ3) is 3.25. The summed E-state index contributed by atoms with van der Waals surface area (Å²) in [6.07, 6.45) is 1.31. The van der Waals surface area contributed by atoms with E-state index in [0.29, 0.717) is 17.0 Å². The van der Waals surface area contributed by atoms with Gasteiger partial charge in [-0.3, -0.25) is 0 Å². The molecule has 2 aromatic rings. The maximum atomic E-state index is 12.4. The summed E-state index contributed by atoms with van der Waals surface area (Å²) >= 11 is 2.18. The third-order valence-corrected chi connectivity index (χ3v) is 3.69. The lowest BCUT2D eigenvalue weighted by Gasteiger charge is -2.20. The van der Waals surface area contributed by atoms with Crippen molar-refractivity contribution in [2.75, 3.05) is 14.2 Å². The van der Waals surface area contributed by atoms with Gasteiger partial charge >= 0.3 is 6.09 Å². The summed E-state index contributed by atoms with van der Waals surface area (Å²) in [5, 5.41) is 0.887. The van der Waals surface area contributed by atoms with E-state index in [1.54, 1.807) is 26.5 Å². The maximum Gasteiger partial charge on any atom is 0.419 e. The summed E-state index contributed by atoms with van der Waals surface area (Å²) < 4.78 is 18.5. The number of carbonyl (C=O) groups is 1. The summed E-state index contributed by atoms with van der Waals surface area (Å²) in [5.41, 5.74) is 0.121. The van der Waals surface area contributed by atoms with E-state index in [1.165, 1.54) is 4.57 Å². The number of benzene rings is 1. The first-order valence-electron chi connectivity index (χ1n) is 6.42. The molecule has 0 aliphatic rings. The average Bonchev–Trinajstić information content (AvgIpc) is 2.73. The van der Waals surface area contributed by atoms with Crippen molar-refractivity contribution >= 4 is 39.6 Å². The first kappa shape index (κ1) is 15.9. The van der Waals surface area contributed by atoms with E-state index in [4.69, 9.17) is 14.2 Å². The van der Waals surface area contributed by atoms with Crippen molar-refractivity contribution < 1.29 is 19.0 Å². The number of ether oxygens (including phenoxy) is 3. The Morgan fingerprint density at radius 1 is 1.19 bits per heavy atom. The molecule has 0 unspecified atom stereocenters. The van der Waals surface area contributed by atoms with E-state index in [9.17, 15) is 4.79 Å². The fourth-order valence-electron chi connectivity index (χ4n) is 1.99. The molecule has 0 spiro atoms. The third-order valence-electron chi connectivity index (χ3n) is 2.83. The number of methoxy groups -OCH3 is 2. The number of hydrogen-bond donors (Lipinski definition) is 0. The largest absolute Gasteiger partial charge is 0.497 e. The zero-order valence-electron chi connectivity index (χ0n) is 12.7. The lowest BCUT2D eigenvalue weighted by Crippen LogP contribution is -2.26. The molecule has 0 bridgehead atoms. The average molecular weight is 403 g/mol. The van der Waals surface area contributed by atoms with Gasteiger partial charge in [0.25, 0.3) is 0 Å². The molecule has 0 aliphatic carbocycles. The molecule has 0 radical (unpaired) electrons. The Balaban J connectivity index is 2.63. The van der Waals surface area contributed by atoms with Gasteiger partial charge in [-0.2, -0.15) is 0 Å². The summed E-state index contributed by atoms with van der Waals surface area (Å²) in [7, 11) is 3.16. The van der Waals surface area contributed by atoms with Crippen LogP contribution in [0.25, 0.3) is 10.9 Å². The van der Waals surface area contributed by atoms with Gasteiger partial charge in [0.1, 0.15) is 22.6 Å². The molecule has 0 N–H and O–H groups in total. The summed E-state index contributed by atoms with van der Waals surface area (Å²) in [6, 6.07) is 3.62. The van der Waals surface area contributed by atoms with Gasteiger partial charge in [0, 0.05) is 21.2 Å². The number of hydrogen-bond acceptors (Lipinski definition) is 4. The van der Waals surface area contributed by atoms with Crippen LogP contribution in [0.1, 0.15) is 20.8 Å². The summed E-state index contributed by atoms with van der Waals surface area (Å²) in [5.74, 6) is 1.25. The number of rotatable bonds is 2. The number of halogens is 1. The SMILES string of the molecule is COc1cc(OC)c2c(c1)c(I)cn2C(=O)OC(C)(C)C.